The average Bonchev–Trinajstić information content (AvgIpc) is 2.78. The van der Waals surface area contributed by atoms with Crippen LogP contribution in [0.4, 0.5) is 11.4 Å². The standard InChI is InChI=1S/C23H27ClN4O4/c1-2-9-25-21(29)15-27-10-12-28(13-11-27)18-7-8-20(19(14-18)23(31)32)26-22(30)16-3-5-17(24)6-4-16/h3-8,14H,2,9-13,15H2,1H3,(H,25,29)(H,26,30)(H,31,32). The van der Waals surface area contributed by atoms with Crippen molar-refractivity contribution in [1.82, 2.24) is 10.2 Å². The van der Waals surface area contributed by atoms with Crippen LogP contribution in [-0.4, -0.2) is 67.1 Å². The maximum absolute atomic E-state index is 12.5. The van der Waals surface area contributed by atoms with E-state index in [2.05, 4.69) is 20.4 Å². The van der Waals surface area contributed by atoms with E-state index in [1.165, 1.54) is 0 Å². The summed E-state index contributed by atoms with van der Waals surface area (Å²) in [4.78, 5) is 40.4. The van der Waals surface area contributed by atoms with Crippen LogP contribution in [0.25, 0.3) is 0 Å². The molecule has 3 rings (SSSR count). The van der Waals surface area contributed by atoms with Gasteiger partial charge in [0.25, 0.3) is 5.91 Å². The fourth-order valence-electron chi connectivity index (χ4n) is 3.50. The number of carbonyl (C=O) groups is 3. The molecule has 2 aromatic rings. The first-order chi connectivity index (χ1) is 15.4. The Bertz CT molecular complexity index is 972. The van der Waals surface area contributed by atoms with Gasteiger partial charge in [-0.15, -0.1) is 0 Å². The number of anilines is 2. The van der Waals surface area contributed by atoms with Crippen LogP contribution in [0.1, 0.15) is 34.1 Å². The second-order valence-electron chi connectivity index (χ2n) is 7.61. The zero-order valence-electron chi connectivity index (χ0n) is 17.9. The Morgan fingerprint density at radius 2 is 1.72 bits per heavy atom. The van der Waals surface area contributed by atoms with Gasteiger partial charge in [0.05, 0.1) is 17.8 Å². The molecule has 1 aliphatic heterocycles. The molecule has 1 fully saturated rings. The number of carboxylic acids is 1. The molecular weight excluding hydrogens is 432 g/mol. The number of nitrogens with zero attached hydrogens (tertiary/aromatic N) is 2. The van der Waals surface area contributed by atoms with Gasteiger partial charge < -0.3 is 20.6 Å². The van der Waals surface area contributed by atoms with Crippen LogP contribution < -0.4 is 15.5 Å². The highest BCUT2D eigenvalue weighted by atomic mass is 35.5. The lowest BCUT2D eigenvalue weighted by molar-refractivity contribution is -0.122. The molecule has 1 aliphatic rings. The molecular formula is C23H27ClN4O4. The Labute approximate surface area is 192 Å². The van der Waals surface area contributed by atoms with E-state index in [0.29, 0.717) is 49.9 Å². The zero-order chi connectivity index (χ0) is 23.1. The first-order valence-corrected chi connectivity index (χ1v) is 10.9. The van der Waals surface area contributed by atoms with Crippen LogP contribution in [0, 0.1) is 0 Å². The third-order valence-electron chi connectivity index (χ3n) is 5.26. The van der Waals surface area contributed by atoms with Crippen molar-refractivity contribution in [3.8, 4) is 0 Å². The fraction of sp³-hybridized carbons (Fsp3) is 0.348. The van der Waals surface area contributed by atoms with E-state index in [1.54, 1.807) is 42.5 Å². The predicted octanol–water partition coefficient (Wildman–Crippen LogP) is 2.94. The quantitative estimate of drug-likeness (QED) is 0.562. The molecule has 1 saturated heterocycles. The Balaban J connectivity index is 1.65. The number of carboxylic acid groups (broad SMARTS) is 1. The predicted molar refractivity (Wildman–Crippen MR) is 125 cm³/mol. The van der Waals surface area contributed by atoms with Crippen LogP contribution in [0.15, 0.2) is 42.5 Å². The molecule has 9 heteroatoms. The molecule has 0 saturated carbocycles. The Morgan fingerprint density at radius 1 is 1.03 bits per heavy atom. The molecule has 2 aromatic carbocycles. The molecule has 170 valence electrons. The second-order valence-corrected chi connectivity index (χ2v) is 8.05. The van der Waals surface area contributed by atoms with Gasteiger partial charge in [-0.25, -0.2) is 4.79 Å². The monoisotopic (exact) mass is 458 g/mol. The van der Waals surface area contributed by atoms with Gasteiger partial charge in [0, 0.05) is 49.0 Å². The lowest BCUT2D eigenvalue weighted by Crippen LogP contribution is -2.49. The number of piperazine rings is 1. The minimum absolute atomic E-state index is 0.0196. The normalized spacial score (nSPS) is 14.1. The van der Waals surface area contributed by atoms with E-state index in [1.807, 2.05) is 6.92 Å². The Hall–Kier alpha value is -3.10. The van der Waals surface area contributed by atoms with Crippen LogP contribution in [0.5, 0.6) is 0 Å². The molecule has 0 spiro atoms. The summed E-state index contributed by atoms with van der Waals surface area (Å²) in [7, 11) is 0. The van der Waals surface area contributed by atoms with Gasteiger partial charge in [-0.05, 0) is 48.9 Å². The molecule has 0 bridgehead atoms. The van der Waals surface area contributed by atoms with Gasteiger partial charge in [-0.2, -0.15) is 0 Å². The van der Waals surface area contributed by atoms with E-state index >= 15 is 0 Å². The summed E-state index contributed by atoms with van der Waals surface area (Å²) < 4.78 is 0. The second kappa shape index (κ2) is 11.0. The lowest BCUT2D eigenvalue weighted by Gasteiger charge is -2.36. The summed E-state index contributed by atoms with van der Waals surface area (Å²) in [5.41, 5.74) is 1.40. The van der Waals surface area contributed by atoms with E-state index in [0.717, 1.165) is 12.1 Å². The molecule has 0 aromatic heterocycles. The van der Waals surface area contributed by atoms with Gasteiger partial charge in [0.1, 0.15) is 0 Å². The number of carbonyl (C=O) groups excluding carboxylic acids is 2. The molecule has 0 radical (unpaired) electrons. The SMILES string of the molecule is CCCNC(=O)CN1CCN(c2ccc(NC(=O)c3ccc(Cl)cc3)c(C(=O)O)c2)CC1. The lowest BCUT2D eigenvalue weighted by atomic mass is 10.1. The van der Waals surface area contributed by atoms with Crippen molar-refractivity contribution in [3.63, 3.8) is 0 Å². The highest BCUT2D eigenvalue weighted by molar-refractivity contribution is 6.30. The summed E-state index contributed by atoms with van der Waals surface area (Å²) in [5.74, 6) is -1.51. The van der Waals surface area contributed by atoms with Crippen LogP contribution in [0.3, 0.4) is 0 Å². The number of benzene rings is 2. The van der Waals surface area contributed by atoms with Crippen molar-refractivity contribution >= 4 is 40.8 Å². The molecule has 3 N–H and O–H groups in total. The smallest absolute Gasteiger partial charge is 0.337 e. The minimum atomic E-state index is -1.12. The number of rotatable bonds is 8. The maximum atomic E-state index is 12.5. The summed E-state index contributed by atoms with van der Waals surface area (Å²) >= 11 is 5.85. The Morgan fingerprint density at radius 3 is 2.34 bits per heavy atom. The van der Waals surface area contributed by atoms with Gasteiger partial charge in [-0.3, -0.25) is 14.5 Å². The maximum Gasteiger partial charge on any atom is 0.337 e. The highest BCUT2D eigenvalue weighted by Gasteiger charge is 2.21. The van der Waals surface area contributed by atoms with Crippen molar-refractivity contribution in [2.24, 2.45) is 0 Å². The average molecular weight is 459 g/mol. The number of aromatic carboxylic acids is 1. The highest BCUT2D eigenvalue weighted by Crippen LogP contribution is 2.25. The summed E-state index contributed by atoms with van der Waals surface area (Å²) in [6.45, 7) is 5.82. The number of hydrogen-bond donors (Lipinski definition) is 3. The third-order valence-corrected chi connectivity index (χ3v) is 5.52. The zero-order valence-corrected chi connectivity index (χ0v) is 18.7. The van der Waals surface area contributed by atoms with Crippen molar-refractivity contribution in [2.45, 2.75) is 13.3 Å². The molecule has 0 unspecified atom stereocenters. The number of amides is 2. The van der Waals surface area contributed by atoms with Gasteiger partial charge in [0.15, 0.2) is 0 Å². The van der Waals surface area contributed by atoms with E-state index in [-0.39, 0.29) is 17.2 Å². The third kappa shape index (κ3) is 6.21. The summed E-state index contributed by atoms with van der Waals surface area (Å²) in [6, 6.07) is 11.3. The fourth-order valence-corrected chi connectivity index (χ4v) is 3.62. The van der Waals surface area contributed by atoms with E-state index < -0.39 is 11.9 Å². The van der Waals surface area contributed by atoms with Crippen LogP contribution >= 0.6 is 11.6 Å². The minimum Gasteiger partial charge on any atom is -0.478 e. The van der Waals surface area contributed by atoms with E-state index in [4.69, 9.17) is 11.6 Å². The van der Waals surface area contributed by atoms with Gasteiger partial charge >= 0.3 is 5.97 Å². The number of hydrogen-bond acceptors (Lipinski definition) is 5. The molecule has 0 aliphatic carbocycles. The van der Waals surface area contributed by atoms with Crippen molar-refractivity contribution in [3.05, 3.63) is 58.6 Å². The van der Waals surface area contributed by atoms with E-state index in [9.17, 15) is 19.5 Å². The topological polar surface area (TPSA) is 102 Å². The molecule has 2 amide bonds. The largest absolute Gasteiger partial charge is 0.478 e. The van der Waals surface area contributed by atoms with Gasteiger partial charge in [-0.1, -0.05) is 18.5 Å². The summed E-state index contributed by atoms with van der Waals surface area (Å²) in [5, 5.41) is 15.7. The Kier molecular flexibility index (Phi) is 8.08. The number of halogens is 1. The van der Waals surface area contributed by atoms with Crippen LogP contribution in [-0.2, 0) is 4.79 Å². The van der Waals surface area contributed by atoms with Crippen LogP contribution in [0.2, 0.25) is 5.02 Å². The van der Waals surface area contributed by atoms with Crippen molar-refractivity contribution in [1.29, 1.82) is 0 Å². The first kappa shape index (κ1) is 23.6. The number of nitrogens with one attached hydrogen (secondary N) is 2. The molecule has 1 heterocycles. The first-order valence-electron chi connectivity index (χ1n) is 10.6. The molecule has 8 nitrogen and oxygen atoms in total. The molecule has 0 atom stereocenters. The molecule has 32 heavy (non-hydrogen) atoms. The summed E-state index contributed by atoms with van der Waals surface area (Å²) in [6.07, 6.45) is 0.904. The van der Waals surface area contributed by atoms with Crippen molar-refractivity contribution in [2.75, 3.05) is 49.5 Å². The van der Waals surface area contributed by atoms with Gasteiger partial charge in [0.2, 0.25) is 5.91 Å². The van der Waals surface area contributed by atoms with Crippen molar-refractivity contribution < 1.29 is 19.5 Å².